The molecule has 0 aliphatic rings. The van der Waals surface area contributed by atoms with Crippen LogP contribution in [0.5, 0.6) is 0 Å². The van der Waals surface area contributed by atoms with Crippen LogP contribution >= 0.6 is 11.3 Å². The largest absolute Gasteiger partial charge is 0.477 e. The normalized spacial score (nSPS) is 10.7. The molecule has 3 aromatic rings. The first kappa shape index (κ1) is 10.8. The van der Waals surface area contributed by atoms with Gasteiger partial charge < -0.3 is 14.8 Å². The summed E-state index contributed by atoms with van der Waals surface area (Å²) in [6.45, 7) is 0. The first-order valence-electron chi connectivity index (χ1n) is 5.16. The molecule has 0 radical (unpaired) electrons. The molecule has 0 spiro atoms. The van der Waals surface area contributed by atoms with E-state index in [0.29, 0.717) is 5.13 Å². The highest BCUT2D eigenvalue weighted by atomic mass is 32.1. The van der Waals surface area contributed by atoms with Gasteiger partial charge >= 0.3 is 5.97 Å². The van der Waals surface area contributed by atoms with E-state index in [9.17, 15) is 4.79 Å². The number of para-hydroxylation sites is 1. The van der Waals surface area contributed by atoms with Crippen LogP contribution in [0.25, 0.3) is 11.0 Å². The van der Waals surface area contributed by atoms with Crippen LogP contribution in [-0.2, 0) is 0 Å². The van der Waals surface area contributed by atoms with Crippen molar-refractivity contribution in [3.63, 3.8) is 0 Å². The fourth-order valence-corrected chi connectivity index (χ4v) is 2.29. The first-order valence-corrected chi connectivity index (χ1v) is 5.98. The lowest BCUT2D eigenvalue weighted by molar-refractivity contribution is 0.0702. The molecule has 1 aromatic carbocycles. The number of hydrogen-bond donors (Lipinski definition) is 2. The van der Waals surface area contributed by atoms with Crippen molar-refractivity contribution in [2.75, 3.05) is 5.32 Å². The van der Waals surface area contributed by atoms with E-state index in [1.54, 1.807) is 6.26 Å². The zero-order valence-corrected chi connectivity index (χ0v) is 9.90. The SMILES string of the molecule is O=C(O)c1cnc(Nc2coc3ccccc23)s1. The standard InChI is InChI=1S/C12H8N2O3S/c15-11(16)10-5-13-12(18-10)14-8-6-17-9-4-2-1-3-7(8)9/h1-6H,(H,13,14)(H,15,16). The second-order valence-corrected chi connectivity index (χ2v) is 4.64. The summed E-state index contributed by atoms with van der Waals surface area (Å²) in [5, 5.41) is 13.3. The fourth-order valence-electron chi connectivity index (χ4n) is 1.62. The van der Waals surface area contributed by atoms with Gasteiger partial charge in [-0.3, -0.25) is 0 Å². The third-order valence-electron chi connectivity index (χ3n) is 2.44. The number of nitrogens with one attached hydrogen (secondary N) is 1. The Morgan fingerprint density at radius 1 is 1.39 bits per heavy atom. The van der Waals surface area contributed by atoms with Gasteiger partial charge in [0.1, 0.15) is 16.7 Å². The van der Waals surface area contributed by atoms with E-state index in [2.05, 4.69) is 10.3 Å². The second kappa shape index (κ2) is 4.15. The summed E-state index contributed by atoms with van der Waals surface area (Å²) in [6.07, 6.45) is 2.92. The molecule has 0 fully saturated rings. The highest BCUT2D eigenvalue weighted by Crippen LogP contribution is 2.29. The number of nitrogens with zero attached hydrogens (tertiary/aromatic N) is 1. The van der Waals surface area contributed by atoms with Crippen molar-refractivity contribution >= 4 is 39.1 Å². The molecule has 0 atom stereocenters. The molecule has 5 nitrogen and oxygen atoms in total. The fraction of sp³-hybridized carbons (Fsp3) is 0. The van der Waals surface area contributed by atoms with Crippen LogP contribution in [0.4, 0.5) is 10.8 Å². The Kier molecular flexibility index (Phi) is 2.49. The molecule has 6 heteroatoms. The first-order chi connectivity index (χ1) is 8.74. The number of furan rings is 1. The molecule has 0 saturated carbocycles. The van der Waals surface area contributed by atoms with Gasteiger partial charge in [0, 0.05) is 5.39 Å². The molecule has 18 heavy (non-hydrogen) atoms. The Balaban J connectivity index is 1.93. The second-order valence-electron chi connectivity index (χ2n) is 3.61. The van der Waals surface area contributed by atoms with E-state index in [4.69, 9.17) is 9.52 Å². The minimum Gasteiger partial charge on any atom is -0.477 e. The zero-order valence-electron chi connectivity index (χ0n) is 9.08. The number of benzene rings is 1. The Morgan fingerprint density at radius 2 is 2.22 bits per heavy atom. The van der Waals surface area contributed by atoms with Crippen LogP contribution in [0, 0.1) is 0 Å². The Bertz CT molecular complexity index is 717. The summed E-state index contributed by atoms with van der Waals surface area (Å²) in [6, 6.07) is 7.59. The van der Waals surface area contributed by atoms with Gasteiger partial charge in [0.15, 0.2) is 5.13 Å². The molecule has 90 valence electrons. The summed E-state index contributed by atoms with van der Waals surface area (Å²) in [4.78, 5) is 15.0. The molecule has 0 bridgehead atoms. The van der Waals surface area contributed by atoms with Crippen LogP contribution in [0.15, 0.2) is 41.1 Å². The molecule has 0 aliphatic carbocycles. The van der Waals surface area contributed by atoms with Crippen LogP contribution in [0.3, 0.4) is 0 Å². The lowest BCUT2D eigenvalue weighted by Crippen LogP contribution is -1.89. The van der Waals surface area contributed by atoms with Crippen LogP contribution in [0.1, 0.15) is 9.67 Å². The van der Waals surface area contributed by atoms with Gasteiger partial charge in [-0.2, -0.15) is 0 Å². The van der Waals surface area contributed by atoms with Crippen molar-refractivity contribution in [2.45, 2.75) is 0 Å². The van der Waals surface area contributed by atoms with Gasteiger partial charge in [0.25, 0.3) is 0 Å². The number of anilines is 2. The van der Waals surface area contributed by atoms with Crippen molar-refractivity contribution in [3.8, 4) is 0 Å². The smallest absolute Gasteiger partial charge is 0.347 e. The molecule has 0 unspecified atom stereocenters. The van der Waals surface area contributed by atoms with Crippen LogP contribution in [-0.4, -0.2) is 16.1 Å². The van der Waals surface area contributed by atoms with Crippen molar-refractivity contribution in [1.82, 2.24) is 4.98 Å². The number of rotatable bonds is 3. The molecule has 0 saturated heterocycles. The molecular formula is C12H8N2O3S. The highest BCUT2D eigenvalue weighted by molar-refractivity contribution is 7.17. The van der Waals surface area contributed by atoms with E-state index in [1.807, 2.05) is 24.3 Å². The van der Waals surface area contributed by atoms with Crippen molar-refractivity contribution in [2.24, 2.45) is 0 Å². The summed E-state index contributed by atoms with van der Waals surface area (Å²) in [5.41, 5.74) is 1.55. The Labute approximate surface area is 106 Å². The highest BCUT2D eigenvalue weighted by Gasteiger charge is 2.10. The summed E-state index contributed by atoms with van der Waals surface area (Å²) >= 11 is 1.08. The molecule has 2 aromatic heterocycles. The van der Waals surface area contributed by atoms with Gasteiger partial charge in [-0.1, -0.05) is 23.5 Å². The molecular weight excluding hydrogens is 252 g/mol. The quantitative estimate of drug-likeness (QED) is 0.755. The van der Waals surface area contributed by atoms with Gasteiger partial charge in [-0.25, -0.2) is 9.78 Å². The third-order valence-corrected chi connectivity index (χ3v) is 3.34. The third kappa shape index (κ3) is 1.82. The van der Waals surface area contributed by atoms with E-state index >= 15 is 0 Å². The summed E-state index contributed by atoms with van der Waals surface area (Å²) < 4.78 is 5.37. The maximum atomic E-state index is 10.8. The lowest BCUT2D eigenvalue weighted by Gasteiger charge is -1.97. The predicted molar refractivity (Wildman–Crippen MR) is 68.6 cm³/mol. The van der Waals surface area contributed by atoms with Crippen LogP contribution < -0.4 is 5.32 Å². The molecule has 2 N–H and O–H groups in total. The summed E-state index contributed by atoms with van der Waals surface area (Å²) in [5.74, 6) is -0.974. The number of fused-ring (bicyclic) bond motifs is 1. The average molecular weight is 260 g/mol. The number of carbonyl (C=O) groups is 1. The van der Waals surface area contributed by atoms with E-state index in [0.717, 1.165) is 28.0 Å². The van der Waals surface area contributed by atoms with Gasteiger partial charge in [-0.15, -0.1) is 0 Å². The number of aromatic carboxylic acids is 1. The average Bonchev–Trinajstić information content (AvgIpc) is 2.98. The van der Waals surface area contributed by atoms with E-state index in [1.165, 1.54) is 6.20 Å². The van der Waals surface area contributed by atoms with Gasteiger partial charge in [0.2, 0.25) is 0 Å². The van der Waals surface area contributed by atoms with Crippen molar-refractivity contribution < 1.29 is 14.3 Å². The number of thiazole rings is 1. The number of carboxylic acid groups (broad SMARTS) is 1. The molecule has 3 rings (SSSR count). The predicted octanol–water partition coefficient (Wildman–Crippen LogP) is 3.33. The number of carboxylic acids is 1. The van der Waals surface area contributed by atoms with Crippen molar-refractivity contribution in [3.05, 3.63) is 41.6 Å². The Hall–Kier alpha value is -2.34. The molecule has 0 amide bonds. The van der Waals surface area contributed by atoms with Crippen molar-refractivity contribution in [1.29, 1.82) is 0 Å². The number of hydrogen-bond acceptors (Lipinski definition) is 5. The lowest BCUT2D eigenvalue weighted by atomic mass is 10.2. The minimum absolute atomic E-state index is 0.199. The minimum atomic E-state index is -0.974. The van der Waals surface area contributed by atoms with E-state index < -0.39 is 5.97 Å². The monoisotopic (exact) mass is 260 g/mol. The maximum absolute atomic E-state index is 10.8. The van der Waals surface area contributed by atoms with Gasteiger partial charge in [0.05, 0.1) is 11.9 Å². The zero-order chi connectivity index (χ0) is 12.5. The van der Waals surface area contributed by atoms with Gasteiger partial charge in [-0.05, 0) is 12.1 Å². The van der Waals surface area contributed by atoms with E-state index in [-0.39, 0.29) is 4.88 Å². The topological polar surface area (TPSA) is 75.4 Å². The Morgan fingerprint density at radius 3 is 3.00 bits per heavy atom. The number of aromatic nitrogens is 1. The van der Waals surface area contributed by atoms with Crippen LogP contribution in [0.2, 0.25) is 0 Å². The molecule has 0 aliphatic heterocycles. The molecule has 2 heterocycles. The maximum Gasteiger partial charge on any atom is 0.347 e. The summed E-state index contributed by atoms with van der Waals surface area (Å²) in [7, 11) is 0.